The average Bonchev–Trinajstić information content (AvgIpc) is 2.64. The minimum atomic E-state index is -3.64. The number of sulfonamides is 1. The number of hydrogen-bond acceptors (Lipinski definition) is 5. The van der Waals surface area contributed by atoms with Gasteiger partial charge in [-0.1, -0.05) is 20.8 Å². The summed E-state index contributed by atoms with van der Waals surface area (Å²) in [6.45, 7) is 6.01. The summed E-state index contributed by atoms with van der Waals surface area (Å²) in [5.74, 6) is 0. The van der Waals surface area contributed by atoms with Gasteiger partial charge in [-0.05, 0) is 12.5 Å². The molecule has 2 heterocycles. The predicted molar refractivity (Wildman–Crippen MR) is 71.9 cm³/mol. The number of thiophene rings is 1. The first kappa shape index (κ1) is 15.0. The van der Waals surface area contributed by atoms with E-state index in [4.69, 9.17) is 5.14 Å². The van der Waals surface area contributed by atoms with Crippen LogP contribution in [0.3, 0.4) is 0 Å². The van der Waals surface area contributed by atoms with Crippen molar-refractivity contribution >= 4 is 33.1 Å². The zero-order chi connectivity index (χ0) is 13.2. The van der Waals surface area contributed by atoms with E-state index in [0.717, 1.165) is 15.5 Å². The average molecular weight is 295 g/mol. The molecule has 2 atom stereocenters. The van der Waals surface area contributed by atoms with E-state index in [2.05, 4.69) is 0 Å². The third-order valence-electron chi connectivity index (χ3n) is 2.21. The minimum Gasteiger partial charge on any atom is -0.388 e. The summed E-state index contributed by atoms with van der Waals surface area (Å²) in [6.07, 6.45) is 0.0846. The van der Waals surface area contributed by atoms with Crippen molar-refractivity contribution in [2.45, 2.75) is 47.0 Å². The molecule has 98 valence electrons. The van der Waals surface area contributed by atoms with E-state index < -0.39 is 16.1 Å². The molecular weight excluding hydrogens is 278 g/mol. The second-order valence-corrected chi connectivity index (χ2v) is 8.08. The smallest absolute Gasteiger partial charge is 0.247 e. The maximum Gasteiger partial charge on any atom is 0.247 e. The summed E-state index contributed by atoms with van der Waals surface area (Å²) in [5.41, 5.74) is 0.701. The molecule has 0 saturated heterocycles. The molecule has 2 unspecified atom stereocenters. The van der Waals surface area contributed by atoms with E-state index in [0.29, 0.717) is 17.2 Å². The highest BCUT2D eigenvalue weighted by atomic mass is 32.3. The van der Waals surface area contributed by atoms with Crippen LogP contribution in [0.1, 0.15) is 38.9 Å². The van der Waals surface area contributed by atoms with Gasteiger partial charge >= 0.3 is 0 Å². The van der Waals surface area contributed by atoms with Crippen molar-refractivity contribution < 1.29 is 13.5 Å². The molecule has 0 bridgehead atoms. The van der Waals surface area contributed by atoms with Gasteiger partial charge in [0.15, 0.2) is 0 Å². The van der Waals surface area contributed by atoms with Gasteiger partial charge in [-0.15, -0.1) is 23.1 Å². The zero-order valence-electron chi connectivity index (χ0n) is 10.0. The van der Waals surface area contributed by atoms with Crippen molar-refractivity contribution in [3.05, 3.63) is 11.6 Å². The molecule has 0 aromatic carbocycles. The van der Waals surface area contributed by atoms with E-state index in [-0.39, 0.29) is 4.21 Å². The summed E-state index contributed by atoms with van der Waals surface area (Å²) in [4.78, 5) is 0. The first-order valence-corrected chi connectivity index (χ1v) is 8.63. The minimum absolute atomic E-state index is 0.133. The quantitative estimate of drug-likeness (QED) is 0.833. The highest BCUT2D eigenvalue weighted by Gasteiger charge is 2.28. The van der Waals surface area contributed by atoms with Gasteiger partial charge in [0, 0.05) is 10.8 Å². The number of fused-ring (bicyclic) bond motifs is 1. The Labute approximate surface area is 110 Å². The summed E-state index contributed by atoms with van der Waals surface area (Å²) in [6, 6.07) is 1.48. The summed E-state index contributed by atoms with van der Waals surface area (Å²) >= 11 is 2.73. The highest BCUT2D eigenvalue weighted by molar-refractivity contribution is 8.02. The van der Waals surface area contributed by atoms with E-state index in [1.807, 2.05) is 20.8 Å². The second-order valence-electron chi connectivity index (χ2n) is 3.53. The van der Waals surface area contributed by atoms with Crippen molar-refractivity contribution in [3.8, 4) is 0 Å². The predicted octanol–water partition coefficient (Wildman–Crippen LogP) is 2.34. The molecule has 3 N–H and O–H groups in total. The number of primary sulfonamides is 1. The Morgan fingerprint density at radius 2 is 2.06 bits per heavy atom. The normalized spacial score (nSPS) is 23.6. The number of thioether (sulfide) groups is 1. The number of nitrogens with two attached hydrogens (primary N) is 1. The molecule has 0 radical (unpaired) electrons. The fraction of sp³-hybridized carbons (Fsp3) is 0.600. The number of hydrogen-bond donors (Lipinski definition) is 2. The number of aliphatic hydroxyl groups is 1. The van der Waals surface area contributed by atoms with E-state index in [9.17, 15) is 13.5 Å². The Morgan fingerprint density at radius 3 is 2.59 bits per heavy atom. The van der Waals surface area contributed by atoms with Crippen molar-refractivity contribution in [3.63, 3.8) is 0 Å². The molecule has 0 saturated carbocycles. The molecule has 17 heavy (non-hydrogen) atoms. The Balaban J connectivity index is 0.000000686. The molecule has 1 aromatic rings. The van der Waals surface area contributed by atoms with Gasteiger partial charge in [-0.25, -0.2) is 13.6 Å². The molecule has 1 aliphatic heterocycles. The molecule has 1 aliphatic rings. The third kappa shape index (κ3) is 3.45. The van der Waals surface area contributed by atoms with E-state index in [1.54, 1.807) is 11.8 Å². The zero-order valence-corrected chi connectivity index (χ0v) is 12.5. The lowest BCUT2D eigenvalue weighted by Gasteiger charge is -2.22. The van der Waals surface area contributed by atoms with Crippen LogP contribution >= 0.6 is 23.1 Å². The van der Waals surface area contributed by atoms with Gasteiger partial charge < -0.3 is 5.11 Å². The molecule has 0 fully saturated rings. The van der Waals surface area contributed by atoms with Gasteiger partial charge in [0.2, 0.25) is 10.0 Å². The van der Waals surface area contributed by atoms with Gasteiger partial charge in [-0.3, -0.25) is 0 Å². The Bertz CT molecular complexity index is 481. The van der Waals surface area contributed by atoms with E-state index >= 15 is 0 Å². The van der Waals surface area contributed by atoms with Crippen LogP contribution in [-0.2, 0) is 10.0 Å². The summed E-state index contributed by atoms with van der Waals surface area (Å²) in [7, 11) is -3.64. The largest absolute Gasteiger partial charge is 0.388 e. The molecule has 2 rings (SSSR count). The molecule has 4 nitrogen and oxygen atoms in total. The lowest BCUT2D eigenvalue weighted by Crippen LogP contribution is -2.11. The molecule has 0 amide bonds. The van der Waals surface area contributed by atoms with Gasteiger partial charge in [-0.2, -0.15) is 0 Å². The van der Waals surface area contributed by atoms with Gasteiger partial charge in [0.1, 0.15) is 4.21 Å². The van der Waals surface area contributed by atoms with Crippen molar-refractivity contribution in [1.29, 1.82) is 0 Å². The fourth-order valence-electron chi connectivity index (χ4n) is 1.50. The van der Waals surface area contributed by atoms with Gasteiger partial charge in [0.05, 0.1) is 10.3 Å². The standard InChI is InChI=1S/C8H11NO3S3.C2H6/c1-4-2-6(10)5-3-7(15(9,11)12)14-8(5)13-4;1-2/h3-4,6,10H,2H2,1H3,(H2,9,11,12);1-2H3. The Hall–Kier alpha value is -0.0800. The van der Waals surface area contributed by atoms with Crippen LogP contribution in [0.15, 0.2) is 14.5 Å². The number of rotatable bonds is 1. The molecule has 0 spiro atoms. The Kier molecular flexibility index (Phi) is 5.03. The van der Waals surface area contributed by atoms with Crippen LogP contribution in [0.4, 0.5) is 0 Å². The van der Waals surface area contributed by atoms with Crippen molar-refractivity contribution in [2.24, 2.45) is 5.14 Å². The monoisotopic (exact) mass is 295 g/mol. The first-order chi connectivity index (χ1) is 7.88. The highest BCUT2D eigenvalue weighted by Crippen LogP contribution is 2.46. The van der Waals surface area contributed by atoms with Crippen LogP contribution < -0.4 is 5.14 Å². The summed E-state index contributed by atoms with van der Waals surface area (Å²) in [5, 5.41) is 15.1. The molecule has 0 aliphatic carbocycles. The van der Waals surface area contributed by atoms with Crippen molar-refractivity contribution in [2.75, 3.05) is 0 Å². The molecule has 7 heteroatoms. The first-order valence-electron chi connectivity index (χ1n) is 5.39. The molecular formula is C10H17NO3S3. The maximum absolute atomic E-state index is 11.1. The van der Waals surface area contributed by atoms with Crippen LogP contribution in [0, 0.1) is 0 Å². The second kappa shape index (κ2) is 5.71. The SMILES string of the molecule is CC.CC1CC(O)c2cc(S(N)(=O)=O)sc2S1. The Morgan fingerprint density at radius 1 is 1.47 bits per heavy atom. The summed E-state index contributed by atoms with van der Waals surface area (Å²) < 4.78 is 23.3. The third-order valence-corrected chi connectivity index (χ3v) is 6.15. The van der Waals surface area contributed by atoms with Crippen LogP contribution in [0.25, 0.3) is 0 Å². The fourth-order valence-corrected chi connectivity index (χ4v) is 5.28. The lowest BCUT2D eigenvalue weighted by atomic mass is 10.1. The van der Waals surface area contributed by atoms with Crippen LogP contribution in [0.5, 0.6) is 0 Å². The van der Waals surface area contributed by atoms with Crippen LogP contribution in [-0.4, -0.2) is 18.8 Å². The maximum atomic E-state index is 11.1. The molecule has 1 aromatic heterocycles. The lowest BCUT2D eigenvalue weighted by molar-refractivity contribution is 0.164. The van der Waals surface area contributed by atoms with E-state index in [1.165, 1.54) is 6.07 Å². The van der Waals surface area contributed by atoms with Crippen molar-refractivity contribution in [1.82, 2.24) is 0 Å². The topological polar surface area (TPSA) is 80.4 Å². The number of aliphatic hydroxyl groups excluding tert-OH is 1. The van der Waals surface area contributed by atoms with Gasteiger partial charge in [0.25, 0.3) is 0 Å². The van der Waals surface area contributed by atoms with Crippen LogP contribution in [0.2, 0.25) is 0 Å².